The molecule has 2 saturated heterocycles. The number of carbonyl (C=O) groups is 2. The van der Waals surface area contributed by atoms with Crippen LogP contribution in [0, 0.1) is 12.8 Å². The first kappa shape index (κ1) is 18.2. The Labute approximate surface area is 163 Å². The van der Waals surface area contributed by atoms with Gasteiger partial charge in [-0.3, -0.25) is 9.59 Å². The molecule has 3 atom stereocenters. The molecule has 3 heterocycles. The molecule has 1 aromatic heterocycles. The number of amides is 2. The maximum absolute atomic E-state index is 13.1. The fourth-order valence-electron chi connectivity index (χ4n) is 4.05. The Kier molecular flexibility index (Phi) is 5.27. The number of aryl methyl sites for hydroxylation is 1. The van der Waals surface area contributed by atoms with Crippen molar-refractivity contribution in [2.45, 2.75) is 38.3 Å². The molecule has 2 amide bonds. The normalized spacial score (nSPS) is 25.6. The van der Waals surface area contributed by atoms with Gasteiger partial charge in [-0.05, 0) is 49.9 Å². The number of rotatable bonds is 4. The zero-order chi connectivity index (χ0) is 18.8. The van der Waals surface area contributed by atoms with Gasteiger partial charge in [-0.25, -0.2) is 0 Å². The van der Waals surface area contributed by atoms with Crippen molar-refractivity contribution in [3.63, 3.8) is 0 Å². The number of anilines is 1. The van der Waals surface area contributed by atoms with E-state index in [0.29, 0.717) is 0 Å². The van der Waals surface area contributed by atoms with Crippen molar-refractivity contribution in [2.75, 3.05) is 18.0 Å². The molecule has 2 fully saturated rings. The average Bonchev–Trinajstić information content (AvgIpc) is 3.31. The molecule has 4 rings (SSSR count). The second-order valence-corrected chi connectivity index (χ2v) is 8.40. The lowest BCUT2D eigenvalue weighted by molar-refractivity contribution is -0.127. The number of carbonyl (C=O) groups excluding carboxylic acids is 2. The third kappa shape index (κ3) is 3.77. The van der Waals surface area contributed by atoms with Gasteiger partial charge >= 0.3 is 0 Å². The van der Waals surface area contributed by atoms with Crippen LogP contribution < -0.4 is 15.5 Å². The van der Waals surface area contributed by atoms with Crippen LogP contribution in [0.15, 0.2) is 41.8 Å². The second-order valence-electron chi connectivity index (χ2n) is 7.42. The Hall–Kier alpha value is -2.18. The number of hydrogen-bond acceptors (Lipinski definition) is 4. The van der Waals surface area contributed by atoms with Gasteiger partial charge in [0.05, 0.1) is 12.0 Å². The van der Waals surface area contributed by atoms with Crippen molar-refractivity contribution in [2.24, 2.45) is 5.92 Å². The molecule has 2 N–H and O–H groups in total. The molecule has 27 heavy (non-hydrogen) atoms. The summed E-state index contributed by atoms with van der Waals surface area (Å²) in [6.45, 7) is 3.84. The Bertz CT molecular complexity index is 797. The maximum Gasteiger partial charge on any atom is 0.228 e. The first-order chi connectivity index (χ1) is 13.1. The monoisotopic (exact) mass is 383 g/mol. The fraction of sp³-hybridized carbons (Fsp3) is 0.429. The number of thiophene rings is 1. The Balaban J connectivity index is 1.61. The zero-order valence-corrected chi connectivity index (χ0v) is 16.3. The quantitative estimate of drug-likeness (QED) is 0.853. The zero-order valence-electron chi connectivity index (χ0n) is 15.5. The molecule has 0 saturated carbocycles. The lowest BCUT2D eigenvalue weighted by atomic mass is 9.96. The van der Waals surface area contributed by atoms with Crippen molar-refractivity contribution in [3.05, 3.63) is 52.2 Å². The van der Waals surface area contributed by atoms with E-state index < -0.39 is 0 Å². The SMILES string of the molecule is Cc1ccc(N2C(=O)CC(C(=O)N[C@H]3CCCNC3)C2c2cccs2)cc1. The van der Waals surface area contributed by atoms with Crippen LogP contribution in [0.5, 0.6) is 0 Å². The first-order valence-electron chi connectivity index (χ1n) is 9.56. The summed E-state index contributed by atoms with van der Waals surface area (Å²) < 4.78 is 0. The van der Waals surface area contributed by atoms with Gasteiger partial charge in [0.25, 0.3) is 0 Å². The maximum atomic E-state index is 13.1. The molecule has 2 aliphatic heterocycles. The number of nitrogens with one attached hydrogen (secondary N) is 2. The van der Waals surface area contributed by atoms with Crippen LogP contribution in [0.25, 0.3) is 0 Å². The summed E-state index contributed by atoms with van der Waals surface area (Å²) in [6.07, 6.45) is 2.31. The first-order valence-corrected chi connectivity index (χ1v) is 10.4. The van der Waals surface area contributed by atoms with Gasteiger partial charge in [-0.15, -0.1) is 11.3 Å². The van der Waals surface area contributed by atoms with Crippen LogP contribution in [0.2, 0.25) is 0 Å². The molecule has 2 aliphatic rings. The molecule has 2 aromatic rings. The van der Waals surface area contributed by atoms with Crippen LogP contribution >= 0.6 is 11.3 Å². The Morgan fingerprint density at radius 1 is 1.26 bits per heavy atom. The largest absolute Gasteiger partial charge is 0.352 e. The minimum absolute atomic E-state index is 0.00920. The Morgan fingerprint density at radius 2 is 2.07 bits per heavy atom. The van der Waals surface area contributed by atoms with Crippen molar-refractivity contribution in [1.29, 1.82) is 0 Å². The predicted octanol–water partition coefficient (Wildman–Crippen LogP) is 3.02. The highest BCUT2D eigenvalue weighted by atomic mass is 32.1. The molecule has 6 heteroatoms. The molecule has 0 aliphatic carbocycles. The summed E-state index contributed by atoms with van der Waals surface area (Å²) in [5.74, 6) is -0.358. The van der Waals surface area contributed by atoms with Gasteiger partial charge in [-0.1, -0.05) is 23.8 Å². The van der Waals surface area contributed by atoms with E-state index in [4.69, 9.17) is 0 Å². The highest BCUT2D eigenvalue weighted by Gasteiger charge is 2.46. The van der Waals surface area contributed by atoms with E-state index in [1.165, 1.54) is 0 Å². The van der Waals surface area contributed by atoms with Gasteiger partial charge in [-0.2, -0.15) is 0 Å². The third-order valence-electron chi connectivity index (χ3n) is 5.45. The van der Waals surface area contributed by atoms with Crippen molar-refractivity contribution < 1.29 is 9.59 Å². The highest BCUT2D eigenvalue weighted by molar-refractivity contribution is 7.10. The van der Waals surface area contributed by atoms with Crippen molar-refractivity contribution >= 4 is 28.8 Å². The number of hydrogen-bond donors (Lipinski definition) is 2. The van der Waals surface area contributed by atoms with E-state index in [2.05, 4.69) is 10.6 Å². The van der Waals surface area contributed by atoms with Crippen LogP contribution in [-0.4, -0.2) is 30.9 Å². The van der Waals surface area contributed by atoms with Crippen LogP contribution in [0.3, 0.4) is 0 Å². The number of benzene rings is 1. The summed E-state index contributed by atoms with van der Waals surface area (Å²) in [5.41, 5.74) is 2.01. The number of nitrogens with zero attached hydrogens (tertiary/aromatic N) is 1. The van der Waals surface area contributed by atoms with E-state index in [1.54, 1.807) is 11.3 Å². The highest BCUT2D eigenvalue weighted by Crippen LogP contribution is 2.43. The standard InChI is InChI=1S/C21H25N3O2S/c1-14-6-8-16(9-7-14)24-19(25)12-17(20(24)18-5-3-11-27-18)21(26)23-15-4-2-10-22-13-15/h3,5-9,11,15,17,20,22H,2,4,10,12-13H2,1H3,(H,23,26)/t15-,17?,20?/m0/s1. The summed E-state index contributed by atoms with van der Waals surface area (Å²) in [4.78, 5) is 28.9. The van der Waals surface area contributed by atoms with Crippen LogP contribution in [-0.2, 0) is 9.59 Å². The summed E-state index contributed by atoms with van der Waals surface area (Å²) >= 11 is 1.60. The lowest BCUT2D eigenvalue weighted by Crippen LogP contribution is -2.48. The van der Waals surface area contributed by atoms with Gasteiger partial charge < -0.3 is 15.5 Å². The molecular weight excluding hydrogens is 358 g/mol. The molecule has 2 unspecified atom stereocenters. The Morgan fingerprint density at radius 3 is 2.74 bits per heavy atom. The molecule has 1 aromatic carbocycles. The molecule has 5 nitrogen and oxygen atoms in total. The van der Waals surface area contributed by atoms with Gasteiger partial charge in [0.2, 0.25) is 11.8 Å². The molecule has 0 bridgehead atoms. The number of piperidine rings is 1. The molecular formula is C21H25N3O2S. The average molecular weight is 384 g/mol. The van der Waals surface area contributed by atoms with Crippen LogP contribution in [0.4, 0.5) is 5.69 Å². The van der Waals surface area contributed by atoms with E-state index >= 15 is 0 Å². The third-order valence-corrected chi connectivity index (χ3v) is 6.39. The van der Waals surface area contributed by atoms with E-state index in [0.717, 1.165) is 42.1 Å². The topological polar surface area (TPSA) is 61.4 Å². The summed E-state index contributed by atoms with van der Waals surface area (Å²) in [7, 11) is 0. The fourth-order valence-corrected chi connectivity index (χ4v) is 4.93. The molecule has 0 radical (unpaired) electrons. The van der Waals surface area contributed by atoms with E-state index in [1.807, 2.05) is 53.6 Å². The smallest absolute Gasteiger partial charge is 0.228 e. The lowest BCUT2D eigenvalue weighted by Gasteiger charge is -2.29. The van der Waals surface area contributed by atoms with Gasteiger partial charge in [0.1, 0.15) is 0 Å². The summed E-state index contributed by atoms with van der Waals surface area (Å²) in [5, 5.41) is 8.51. The second kappa shape index (κ2) is 7.82. The minimum atomic E-state index is -0.362. The predicted molar refractivity (Wildman–Crippen MR) is 108 cm³/mol. The van der Waals surface area contributed by atoms with Crippen molar-refractivity contribution in [3.8, 4) is 0 Å². The summed E-state index contributed by atoms with van der Waals surface area (Å²) in [6, 6.07) is 11.9. The van der Waals surface area contributed by atoms with Gasteiger partial charge in [0.15, 0.2) is 0 Å². The molecule has 142 valence electrons. The van der Waals surface area contributed by atoms with E-state index in [-0.39, 0.29) is 36.2 Å². The minimum Gasteiger partial charge on any atom is -0.352 e. The van der Waals surface area contributed by atoms with Crippen LogP contribution in [0.1, 0.15) is 35.7 Å². The van der Waals surface area contributed by atoms with Gasteiger partial charge in [0, 0.05) is 29.6 Å². The van der Waals surface area contributed by atoms with E-state index in [9.17, 15) is 9.59 Å². The van der Waals surface area contributed by atoms with Crippen molar-refractivity contribution in [1.82, 2.24) is 10.6 Å². The molecule has 0 spiro atoms.